The molecule has 0 aliphatic rings. The Hall–Kier alpha value is -1.16. The van der Waals surface area contributed by atoms with Crippen LogP contribution in [-0.2, 0) is 12.8 Å². The number of nitrogens with one attached hydrogen (secondary N) is 1. The fourth-order valence-electron chi connectivity index (χ4n) is 2.04. The van der Waals surface area contributed by atoms with Crippen molar-refractivity contribution >= 4 is 15.9 Å². The first-order chi connectivity index (χ1) is 8.78. The van der Waals surface area contributed by atoms with E-state index in [2.05, 4.69) is 63.8 Å². The molecule has 18 heavy (non-hydrogen) atoms. The molecule has 0 radical (unpaired) electrons. The molecule has 3 heteroatoms. The highest BCUT2D eigenvalue weighted by molar-refractivity contribution is 9.10. The summed E-state index contributed by atoms with van der Waals surface area (Å²) >= 11 is 3.49. The van der Waals surface area contributed by atoms with Crippen molar-refractivity contribution in [2.75, 3.05) is 0 Å². The van der Waals surface area contributed by atoms with Gasteiger partial charge in [-0.2, -0.15) is 0 Å². The van der Waals surface area contributed by atoms with Crippen LogP contribution in [-0.4, -0.2) is 6.04 Å². The summed E-state index contributed by atoms with van der Waals surface area (Å²) in [7, 11) is 0. The van der Waals surface area contributed by atoms with Crippen LogP contribution in [0.1, 0.15) is 11.1 Å². The van der Waals surface area contributed by atoms with Gasteiger partial charge < -0.3 is 0 Å². The molecule has 2 aromatic carbocycles. The largest absolute Gasteiger partial charge is 0.271 e. The lowest BCUT2D eigenvalue weighted by atomic mass is 10.00. The molecule has 0 saturated carbocycles. The van der Waals surface area contributed by atoms with E-state index in [-0.39, 0.29) is 6.04 Å². The molecular formula is C15H17BrN2. The maximum atomic E-state index is 5.64. The first-order valence-electron chi connectivity index (χ1n) is 6.02. The van der Waals surface area contributed by atoms with Gasteiger partial charge in [-0.3, -0.25) is 11.3 Å². The molecule has 0 aromatic heterocycles. The van der Waals surface area contributed by atoms with Crippen LogP contribution < -0.4 is 11.3 Å². The summed E-state index contributed by atoms with van der Waals surface area (Å²) < 4.78 is 1.11. The monoisotopic (exact) mass is 304 g/mol. The Kier molecular flexibility index (Phi) is 4.93. The number of hydrazine groups is 1. The van der Waals surface area contributed by atoms with Crippen molar-refractivity contribution in [2.24, 2.45) is 5.84 Å². The molecule has 2 rings (SSSR count). The van der Waals surface area contributed by atoms with Crippen LogP contribution >= 0.6 is 15.9 Å². The molecule has 1 unspecified atom stereocenters. The molecule has 2 nitrogen and oxygen atoms in total. The van der Waals surface area contributed by atoms with Gasteiger partial charge in [-0.1, -0.05) is 58.4 Å². The average molecular weight is 305 g/mol. The van der Waals surface area contributed by atoms with Gasteiger partial charge in [0.05, 0.1) is 0 Å². The highest BCUT2D eigenvalue weighted by Crippen LogP contribution is 2.14. The van der Waals surface area contributed by atoms with Crippen molar-refractivity contribution in [1.82, 2.24) is 5.43 Å². The lowest BCUT2D eigenvalue weighted by Crippen LogP contribution is -2.38. The maximum absolute atomic E-state index is 5.64. The molecule has 0 saturated heterocycles. The van der Waals surface area contributed by atoms with Crippen LogP contribution in [0, 0.1) is 0 Å². The Balaban J connectivity index is 2.01. The third-order valence-electron chi connectivity index (χ3n) is 2.93. The number of hydrogen-bond donors (Lipinski definition) is 2. The molecule has 0 aliphatic carbocycles. The van der Waals surface area contributed by atoms with Crippen LogP contribution in [0.4, 0.5) is 0 Å². The minimum absolute atomic E-state index is 0.252. The first kappa shape index (κ1) is 13.3. The molecule has 0 spiro atoms. The van der Waals surface area contributed by atoms with Crippen LogP contribution in [0.15, 0.2) is 59.1 Å². The Bertz CT molecular complexity index is 485. The van der Waals surface area contributed by atoms with Crippen LogP contribution in [0.3, 0.4) is 0 Å². The van der Waals surface area contributed by atoms with E-state index in [4.69, 9.17) is 5.84 Å². The fraction of sp³-hybridized carbons (Fsp3) is 0.200. The Morgan fingerprint density at radius 1 is 0.944 bits per heavy atom. The van der Waals surface area contributed by atoms with Gasteiger partial charge >= 0.3 is 0 Å². The summed E-state index contributed by atoms with van der Waals surface area (Å²) in [6.07, 6.45) is 1.86. The molecule has 0 heterocycles. The molecule has 2 aromatic rings. The number of rotatable bonds is 5. The molecule has 1 atom stereocenters. The zero-order valence-corrected chi connectivity index (χ0v) is 11.7. The molecule has 0 fully saturated rings. The topological polar surface area (TPSA) is 38.0 Å². The predicted octanol–water partition coefficient (Wildman–Crippen LogP) is 3.07. The predicted molar refractivity (Wildman–Crippen MR) is 79.1 cm³/mol. The minimum Gasteiger partial charge on any atom is -0.271 e. The zero-order chi connectivity index (χ0) is 12.8. The van der Waals surface area contributed by atoms with Gasteiger partial charge in [0.25, 0.3) is 0 Å². The van der Waals surface area contributed by atoms with Gasteiger partial charge in [0.2, 0.25) is 0 Å². The minimum atomic E-state index is 0.252. The number of benzene rings is 2. The van der Waals surface area contributed by atoms with Crippen molar-refractivity contribution in [3.8, 4) is 0 Å². The van der Waals surface area contributed by atoms with Crippen LogP contribution in [0.25, 0.3) is 0 Å². The van der Waals surface area contributed by atoms with Crippen LogP contribution in [0.5, 0.6) is 0 Å². The SMILES string of the molecule is NNC(Cc1ccccc1)Cc1cccc(Br)c1. The molecule has 3 N–H and O–H groups in total. The highest BCUT2D eigenvalue weighted by Gasteiger charge is 2.08. The van der Waals surface area contributed by atoms with Crippen molar-refractivity contribution in [1.29, 1.82) is 0 Å². The Morgan fingerprint density at radius 2 is 1.61 bits per heavy atom. The average Bonchev–Trinajstić information content (AvgIpc) is 2.39. The third kappa shape index (κ3) is 3.95. The third-order valence-corrected chi connectivity index (χ3v) is 3.43. The van der Waals surface area contributed by atoms with E-state index in [0.717, 1.165) is 17.3 Å². The van der Waals surface area contributed by atoms with Crippen molar-refractivity contribution in [2.45, 2.75) is 18.9 Å². The second kappa shape index (κ2) is 6.69. The normalized spacial score (nSPS) is 12.3. The molecular weight excluding hydrogens is 288 g/mol. The summed E-state index contributed by atoms with van der Waals surface area (Å²) in [4.78, 5) is 0. The second-order valence-electron chi connectivity index (χ2n) is 4.39. The van der Waals surface area contributed by atoms with E-state index in [0.29, 0.717) is 0 Å². The van der Waals surface area contributed by atoms with Gasteiger partial charge in [0.1, 0.15) is 0 Å². The van der Waals surface area contributed by atoms with E-state index in [9.17, 15) is 0 Å². The molecule has 0 aliphatic heterocycles. The first-order valence-corrected chi connectivity index (χ1v) is 6.81. The standard InChI is InChI=1S/C15H17BrN2/c16-14-8-4-7-13(9-14)11-15(18-17)10-12-5-2-1-3-6-12/h1-9,15,18H,10-11,17H2. The fourth-order valence-corrected chi connectivity index (χ4v) is 2.48. The van der Waals surface area contributed by atoms with E-state index in [1.54, 1.807) is 0 Å². The van der Waals surface area contributed by atoms with Crippen LogP contribution in [0.2, 0.25) is 0 Å². The quantitative estimate of drug-likeness (QED) is 0.658. The molecule has 94 valence electrons. The smallest absolute Gasteiger partial charge is 0.0291 e. The summed E-state index contributed by atoms with van der Waals surface area (Å²) in [6, 6.07) is 19.0. The highest BCUT2D eigenvalue weighted by atomic mass is 79.9. The van der Waals surface area contributed by atoms with Crippen molar-refractivity contribution < 1.29 is 0 Å². The number of nitrogens with two attached hydrogens (primary N) is 1. The van der Waals surface area contributed by atoms with Crippen molar-refractivity contribution in [3.05, 3.63) is 70.2 Å². The summed E-state index contributed by atoms with van der Waals surface area (Å²) in [5, 5.41) is 0. The van der Waals surface area contributed by atoms with Gasteiger partial charge in [-0.25, -0.2) is 0 Å². The Morgan fingerprint density at radius 3 is 2.28 bits per heavy atom. The van der Waals surface area contributed by atoms with Gasteiger partial charge in [-0.05, 0) is 36.1 Å². The van der Waals surface area contributed by atoms with E-state index in [1.807, 2.05) is 12.1 Å². The van der Waals surface area contributed by atoms with Crippen molar-refractivity contribution in [3.63, 3.8) is 0 Å². The van der Waals surface area contributed by atoms with E-state index < -0.39 is 0 Å². The Labute approximate surface area is 116 Å². The molecule has 0 amide bonds. The summed E-state index contributed by atoms with van der Waals surface area (Å²) in [5.41, 5.74) is 5.49. The number of hydrogen-bond acceptors (Lipinski definition) is 2. The maximum Gasteiger partial charge on any atom is 0.0291 e. The van der Waals surface area contributed by atoms with Gasteiger partial charge in [0, 0.05) is 10.5 Å². The number of halogens is 1. The lowest BCUT2D eigenvalue weighted by molar-refractivity contribution is 0.522. The lowest BCUT2D eigenvalue weighted by Gasteiger charge is -2.16. The second-order valence-corrected chi connectivity index (χ2v) is 5.30. The van der Waals surface area contributed by atoms with E-state index in [1.165, 1.54) is 11.1 Å². The summed E-state index contributed by atoms with van der Waals surface area (Å²) in [6.45, 7) is 0. The van der Waals surface area contributed by atoms with Gasteiger partial charge in [0.15, 0.2) is 0 Å². The van der Waals surface area contributed by atoms with Gasteiger partial charge in [-0.15, -0.1) is 0 Å². The zero-order valence-electron chi connectivity index (χ0n) is 10.1. The molecule has 0 bridgehead atoms. The van der Waals surface area contributed by atoms with E-state index >= 15 is 0 Å². The summed E-state index contributed by atoms with van der Waals surface area (Å²) in [5.74, 6) is 5.64.